The van der Waals surface area contributed by atoms with Crippen molar-refractivity contribution in [1.29, 1.82) is 0 Å². The van der Waals surface area contributed by atoms with Crippen LogP contribution in [0.1, 0.15) is 32.1 Å². The van der Waals surface area contributed by atoms with Crippen molar-refractivity contribution in [3.63, 3.8) is 0 Å². The minimum absolute atomic E-state index is 0.0985. The molecule has 2 bridgehead atoms. The molecule has 1 saturated heterocycles. The van der Waals surface area contributed by atoms with Crippen molar-refractivity contribution >= 4 is 5.97 Å². The van der Waals surface area contributed by atoms with Crippen LogP contribution in [-0.4, -0.2) is 35.6 Å². The maximum atomic E-state index is 10.9. The highest BCUT2D eigenvalue weighted by Gasteiger charge is 2.41. The zero-order chi connectivity index (χ0) is 11.1. The molecule has 2 saturated carbocycles. The van der Waals surface area contributed by atoms with E-state index in [4.69, 9.17) is 5.11 Å². The van der Waals surface area contributed by atoms with Crippen LogP contribution in [0.4, 0.5) is 0 Å². The van der Waals surface area contributed by atoms with Gasteiger partial charge in [-0.05, 0) is 50.0 Å². The highest BCUT2D eigenvalue weighted by molar-refractivity contribution is 5.70. The number of hydrogen-bond donors (Lipinski definition) is 1. The predicted octanol–water partition coefficient (Wildman–Crippen LogP) is 1.83. The number of nitrogens with zero attached hydrogens (tertiary/aromatic N) is 1. The van der Waals surface area contributed by atoms with Crippen LogP contribution in [0.3, 0.4) is 0 Å². The van der Waals surface area contributed by atoms with Crippen LogP contribution < -0.4 is 0 Å². The summed E-state index contributed by atoms with van der Waals surface area (Å²) in [5.41, 5.74) is 0. The summed E-state index contributed by atoms with van der Waals surface area (Å²) >= 11 is 0. The Morgan fingerprint density at radius 2 is 2.12 bits per heavy atom. The van der Waals surface area contributed by atoms with Crippen LogP contribution in [-0.2, 0) is 4.79 Å². The van der Waals surface area contributed by atoms with Gasteiger partial charge < -0.3 is 10.0 Å². The number of carboxylic acid groups (broad SMARTS) is 1. The summed E-state index contributed by atoms with van der Waals surface area (Å²) < 4.78 is 0. The Morgan fingerprint density at radius 1 is 1.25 bits per heavy atom. The summed E-state index contributed by atoms with van der Waals surface area (Å²) in [6.07, 6.45) is 6.63. The number of fused-ring (bicyclic) bond motifs is 2. The Balaban J connectivity index is 1.51. The van der Waals surface area contributed by atoms with E-state index in [2.05, 4.69) is 4.90 Å². The van der Waals surface area contributed by atoms with Gasteiger partial charge >= 0.3 is 5.97 Å². The third-order valence-corrected chi connectivity index (χ3v) is 5.00. The van der Waals surface area contributed by atoms with Crippen LogP contribution in [0.15, 0.2) is 0 Å². The zero-order valence-corrected chi connectivity index (χ0v) is 9.77. The van der Waals surface area contributed by atoms with E-state index in [-0.39, 0.29) is 5.92 Å². The third kappa shape index (κ3) is 1.86. The van der Waals surface area contributed by atoms with Crippen molar-refractivity contribution in [3.05, 3.63) is 0 Å². The summed E-state index contributed by atoms with van der Waals surface area (Å²) in [6.45, 7) is 2.97. The Bertz CT molecular complexity index is 292. The molecule has 90 valence electrons. The first-order valence-corrected chi connectivity index (χ1v) is 6.67. The minimum Gasteiger partial charge on any atom is -0.481 e. The van der Waals surface area contributed by atoms with Gasteiger partial charge in [-0.25, -0.2) is 0 Å². The predicted molar refractivity (Wildman–Crippen MR) is 61.1 cm³/mol. The van der Waals surface area contributed by atoms with E-state index < -0.39 is 5.97 Å². The van der Waals surface area contributed by atoms with Crippen molar-refractivity contribution in [1.82, 2.24) is 4.90 Å². The fourth-order valence-corrected chi connectivity index (χ4v) is 4.13. The van der Waals surface area contributed by atoms with Gasteiger partial charge in [0, 0.05) is 13.1 Å². The lowest BCUT2D eigenvalue weighted by Crippen LogP contribution is -2.31. The van der Waals surface area contributed by atoms with Gasteiger partial charge in [-0.15, -0.1) is 0 Å². The monoisotopic (exact) mass is 223 g/mol. The first-order chi connectivity index (χ1) is 7.72. The molecular formula is C13H21NO2. The van der Waals surface area contributed by atoms with Crippen LogP contribution in [0, 0.1) is 23.7 Å². The average molecular weight is 223 g/mol. The van der Waals surface area contributed by atoms with E-state index >= 15 is 0 Å². The van der Waals surface area contributed by atoms with E-state index in [9.17, 15) is 4.79 Å². The van der Waals surface area contributed by atoms with Crippen LogP contribution in [0.5, 0.6) is 0 Å². The van der Waals surface area contributed by atoms with Crippen molar-refractivity contribution in [3.8, 4) is 0 Å². The number of likely N-dealkylation sites (tertiary alicyclic amines) is 1. The third-order valence-electron chi connectivity index (χ3n) is 5.00. The maximum Gasteiger partial charge on any atom is 0.307 e. The molecule has 3 fully saturated rings. The number of carboxylic acids is 1. The largest absolute Gasteiger partial charge is 0.481 e. The molecule has 1 aliphatic heterocycles. The Labute approximate surface area is 96.8 Å². The smallest absolute Gasteiger partial charge is 0.307 e. The van der Waals surface area contributed by atoms with E-state index in [1.165, 1.54) is 32.2 Å². The Hall–Kier alpha value is -0.570. The Morgan fingerprint density at radius 3 is 2.69 bits per heavy atom. The number of aliphatic carboxylic acids is 1. The first-order valence-electron chi connectivity index (χ1n) is 6.67. The van der Waals surface area contributed by atoms with Gasteiger partial charge in [0.05, 0.1) is 5.92 Å². The number of carbonyl (C=O) groups is 1. The molecule has 0 aromatic rings. The molecule has 2 aliphatic carbocycles. The van der Waals surface area contributed by atoms with Crippen LogP contribution in [0.25, 0.3) is 0 Å². The maximum absolute atomic E-state index is 10.9. The summed E-state index contributed by atoms with van der Waals surface area (Å²) in [5.74, 6) is 2.15. The molecule has 0 aromatic carbocycles. The lowest BCUT2D eigenvalue weighted by molar-refractivity contribution is -0.141. The van der Waals surface area contributed by atoms with Crippen LogP contribution >= 0.6 is 0 Å². The first kappa shape index (κ1) is 10.6. The second-order valence-electron chi connectivity index (χ2n) is 6.02. The molecule has 16 heavy (non-hydrogen) atoms. The topological polar surface area (TPSA) is 40.5 Å². The zero-order valence-electron chi connectivity index (χ0n) is 9.77. The molecule has 0 aromatic heterocycles. The molecule has 0 radical (unpaired) electrons. The molecule has 0 spiro atoms. The van der Waals surface area contributed by atoms with Gasteiger partial charge in [0.15, 0.2) is 0 Å². The van der Waals surface area contributed by atoms with Gasteiger partial charge in [-0.3, -0.25) is 4.79 Å². The Kier molecular flexibility index (Phi) is 2.66. The lowest BCUT2D eigenvalue weighted by Gasteiger charge is -2.26. The number of hydrogen-bond acceptors (Lipinski definition) is 2. The molecule has 3 nitrogen and oxygen atoms in total. The van der Waals surface area contributed by atoms with Gasteiger partial charge in [0.1, 0.15) is 0 Å². The summed E-state index contributed by atoms with van der Waals surface area (Å²) in [5, 5.41) is 8.97. The molecule has 0 amide bonds. The molecular weight excluding hydrogens is 202 g/mol. The van der Waals surface area contributed by atoms with E-state index in [0.717, 1.165) is 37.3 Å². The van der Waals surface area contributed by atoms with Crippen molar-refractivity contribution in [2.45, 2.75) is 32.1 Å². The molecule has 4 unspecified atom stereocenters. The van der Waals surface area contributed by atoms with Crippen LogP contribution in [0.2, 0.25) is 0 Å². The normalized spacial score (nSPS) is 43.0. The second-order valence-corrected chi connectivity index (χ2v) is 6.02. The summed E-state index contributed by atoms with van der Waals surface area (Å²) in [7, 11) is 0. The van der Waals surface area contributed by atoms with E-state index in [1.807, 2.05) is 0 Å². The van der Waals surface area contributed by atoms with E-state index in [0.29, 0.717) is 0 Å². The molecule has 1 heterocycles. The average Bonchev–Trinajstić information content (AvgIpc) is 2.91. The fourth-order valence-electron chi connectivity index (χ4n) is 4.13. The van der Waals surface area contributed by atoms with Gasteiger partial charge in [-0.1, -0.05) is 6.42 Å². The summed E-state index contributed by atoms with van der Waals surface area (Å²) in [6, 6.07) is 0. The molecule has 3 heteroatoms. The van der Waals surface area contributed by atoms with Gasteiger partial charge in [-0.2, -0.15) is 0 Å². The van der Waals surface area contributed by atoms with Crippen molar-refractivity contribution in [2.24, 2.45) is 23.7 Å². The van der Waals surface area contributed by atoms with Crippen molar-refractivity contribution < 1.29 is 9.90 Å². The van der Waals surface area contributed by atoms with Crippen molar-refractivity contribution in [2.75, 3.05) is 19.6 Å². The highest BCUT2D eigenvalue weighted by atomic mass is 16.4. The molecule has 3 rings (SSSR count). The highest BCUT2D eigenvalue weighted by Crippen LogP contribution is 2.48. The number of rotatable bonds is 3. The molecule has 3 aliphatic rings. The molecule has 1 N–H and O–H groups in total. The second kappa shape index (κ2) is 4.02. The van der Waals surface area contributed by atoms with Gasteiger partial charge in [0.25, 0.3) is 0 Å². The minimum atomic E-state index is -0.601. The summed E-state index contributed by atoms with van der Waals surface area (Å²) in [4.78, 5) is 13.3. The van der Waals surface area contributed by atoms with E-state index in [1.54, 1.807) is 0 Å². The standard InChI is InChI=1S/C13H21NO2/c15-13(16)11-3-4-14(7-11)8-12-6-9-1-2-10(12)5-9/h9-12H,1-8H2,(H,15,16). The quantitative estimate of drug-likeness (QED) is 0.793. The lowest BCUT2D eigenvalue weighted by atomic mass is 9.88. The fraction of sp³-hybridized carbons (Fsp3) is 0.923. The van der Waals surface area contributed by atoms with Gasteiger partial charge in [0.2, 0.25) is 0 Å². The SMILES string of the molecule is O=C(O)C1CCN(CC2CC3CCC2C3)C1. The molecule has 4 atom stereocenters.